The van der Waals surface area contributed by atoms with Gasteiger partial charge in [0.05, 0.1) is 16.8 Å². The average Bonchev–Trinajstić information content (AvgIpc) is 3.72. The fourth-order valence-corrected chi connectivity index (χ4v) is 10.3. The van der Waals surface area contributed by atoms with E-state index < -0.39 is 5.41 Å². The van der Waals surface area contributed by atoms with Gasteiger partial charge in [0.1, 0.15) is 11.5 Å². The molecule has 0 radical (unpaired) electrons. The van der Waals surface area contributed by atoms with E-state index in [0.29, 0.717) is 5.82 Å². The van der Waals surface area contributed by atoms with Gasteiger partial charge in [0.25, 0.3) is 0 Å². The van der Waals surface area contributed by atoms with E-state index in [1.54, 1.807) is 0 Å². The Morgan fingerprint density at radius 2 is 0.881 bits per heavy atom. The summed E-state index contributed by atoms with van der Waals surface area (Å²) in [6, 6.07) is 69.7. The van der Waals surface area contributed by atoms with Crippen LogP contribution in [0.5, 0.6) is 11.5 Å². The molecule has 1 spiro atoms. The number of fused-ring (bicyclic) bond motifs is 12. The van der Waals surface area contributed by atoms with E-state index in [-0.39, 0.29) is 5.41 Å². The first-order chi connectivity index (χ1) is 29.0. The topological polar surface area (TPSA) is 35.0 Å². The van der Waals surface area contributed by atoms with Crippen molar-refractivity contribution in [1.29, 1.82) is 0 Å². The van der Waals surface area contributed by atoms with Crippen LogP contribution in [-0.4, -0.2) is 9.97 Å². The summed E-state index contributed by atoms with van der Waals surface area (Å²) in [5.41, 5.74) is 18.9. The molecule has 2 aliphatic carbocycles. The molecule has 8 aromatic carbocycles. The zero-order valence-electron chi connectivity index (χ0n) is 32.8. The van der Waals surface area contributed by atoms with Crippen molar-refractivity contribution in [2.24, 2.45) is 0 Å². The van der Waals surface area contributed by atoms with Gasteiger partial charge in [-0.15, -0.1) is 0 Å². The molecule has 0 saturated carbocycles. The maximum Gasteiger partial charge on any atom is 0.160 e. The highest BCUT2D eigenvalue weighted by atomic mass is 16.5. The smallest absolute Gasteiger partial charge is 0.160 e. The van der Waals surface area contributed by atoms with Crippen LogP contribution in [0.25, 0.3) is 67.3 Å². The number of rotatable bonds is 4. The van der Waals surface area contributed by atoms with Crippen molar-refractivity contribution >= 4 is 0 Å². The third-order valence-corrected chi connectivity index (χ3v) is 13.0. The first-order valence-corrected chi connectivity index (χ1v) is 20.4. The molecule has 0 unspecified atom stereocenters. The van der Waals surface area contributed by atoms with Gasteiger partial charge in [-0.2, -0.15) is 0 Å². The molecule has 278 valence electrons. The van der Waals surface area contributed by atoms with E-state index in [0.717, 1.165) is 61.8 Å². The van der Waals surface area contributed by atoms with E-state index in [4.69, 9.17) is 14.7 Å². The number of hydrogen-bond acceptors (Lipinski definition) is 3. The number of para-hydroxylation sites is 2. The van der Waals surface area contributed by atoms with Crippen LogP contribution >= 0.6 is 0 Å². The first kappa shape index (κ1) is 33.7. The van der Waals surface area contributed by atoms with E-state index in [1.165, 1.54) is 44.5 Å². The Balaban J connectivity index is 1.03. The van der Waals surface area contributed by atoms with Gasteiger partial charge >= 0.3 is 0 Å². The van der Waals surface area contributed by atoms with Crippen molar-refractivity contribution < 1.29 is 4.74 Å². The molecule has 0 N–H and O–H groups in total. The molecular formula is C56H38N2O. The molecule has 59 heavy (non-hydrogen) atoms. The minimum absolute atomic E-state index is 0.118. The highest BCUT2D eigenvalue weighted by Crippen LogP contribution is 2.63. The lowest BCUT2D eigenvalue weighted by Gasteiger charge is -2.40. The standard InChI is InChI=1S/C56H38N2O/c1-55(2)44-24-9-6-20-40(44)43-31-30-37(33-49(43)55)51-34-50(35-16-4-3-5-17-35)57-54(58-51)38-19-14-18-36(32-38)39-23-15-28-48-53(39)59-52-29-13-12-27-47(52)56(48)45-25-10-7-21-41(45)42-22-8-11-26-46(42)56/h3-34H,1-2H3. The molecule has 3 nitrogen and oxygen atoms in total. The molecule has 1 aliphatic heterocycles. The van der Waals surface area contributed by atoms with Crippen molar-refractivity contribution in [3.05, 3.63) is 228 Å². The van der Waals surface area contributed by atoms with Crippen LogP contribution in [0.2, 0.25) is 0 Å². The van der Waals surface area contributed by atoms with Gasteiger partial charge in [-0.1, -0.05) is 184 Å². The number of aromatic nitrogens is 2. The predicted molar refractivity (Wildman–Crippen MR) is 239 cm³/mol. The van der Waals surface area contributed by atoms with Gasteiger partial charge in [0.2, 0.25) is 0 Å². The molecule has 12 rings (SSSR count). The largest absolute Gasteiger partial charge is 0.456 e. The summed E-state index contributed by atoms with van der Waals surface area (Å²) in [7, 11) is 0. The molecule has 2 heterocycles. The Hall–Kier alpha value is -7.36. The second-order valence-electron chi connectivity index (χ2n) is 16.5. The highest BCUT2D eigenvalue weighted by molar-refractivity contribution is 5.91. The van der Waals surface area contributed by atoms with Crippen molar-refractivity contribution in [1.82, 2.24) is 9.97 Å². The van der Waals surface area contributed by atoms with Crippen LogP contribution in [0.1, 0.15) is 47.2 Å². The summed E-state index contributed by atoms with van der Waals surface area (Å²) in [6.07, 6.45) is 0. The zero-order valence-corrected chi connectivity index (χ0v) is 32.8. The van der Waals surface area contributed by atoms with Crippen LogP contribution in [0.3, 0.4) is 0 Å². The Morgan fingerprint density at radius 3 is 1.63 bits per heavy atom. The van der Waals surface area contributed by atoms with Crippen LogP contribution in [0.15, 0.2) is 194 Å². The Labute approximate surface area is 344 Å². The van der Waals surface area contributed by atoms with Crippen LogP contribution in [-0.2, 0) is 10.8 Å². The zero-order chi connectivity index (χ0) is 39.3. The van der Waals surface area contributed by atoms with E-state index in [1.807, 2.05) is 6.07 Å². The molecule has 3 aliphatic rings. The number of ether oxygens (including phenoxy) is 1. The first-order valence-electron chi connectivity index (χ1n) is 20.4. The summed E-state index contributed by atoms with van der Waals surface area (Å²) in [5.74, 6) is 2.42. The second kappa shape index (κ2) is 12.6. The van der Waals surface area contributed by atoms with Gasteiger partial charge < -0.3 is 4.74 Å². The maximum atomic E-state index is 7.02. The van der Waals surface area contributed by atoms with Gasteiger partial charge in [0.15, 0.2) is 5.82 Å². The minimum atomic E-state index is -0.529. The van der Waals surface area contributed by atoms with E-state index in [2.05, 4.69) is 202 Å². The van der Waals surface area contributed by atoms with Crippen molar-refractivity contribution in [2.45, 2.75) is 24.7 Å². The predicted octanol–water partition coefficient (Wildman–Crippen LogP) is 13.9. The fraction of sp³-hybridized carbons (Fsp3) is 0.0714. The third-order valence-electron chi connectivity index (χ3n) is 13.0. The molecular weight excluding hydrogens is 717 g/mol. The Bertz CT molecular complexity index is 3130. The molecule has 0 amide bonds. The number of nitrogens with zero attached hydrogens (tertiary/aromatic N) is 2. The normalized spacial score (nSPS) is 14.3. The van der Waals surface area contributed by atoms with Crippen molar-refractivity contribution in [3.63, 3.8) is 0 Å². The SMILES string of the molecule is CC1(C)c2ccccc2-c2ccc(-c3cc(-c4ccccc4)nc(-c4cccc(-c5cccc6c5Oc5ccccc5C65c6ccccc6-c6ccccc65)c4)n3)cc21. The Morgan fingerprint density at radius 1 is 0.356 bits per heavy atom. The lowest BCUT2D eigenvalue weighted by Crippen LogP contribution is -2.32. The molecule has 0 saturated heterocycles. The van der Waals surface area contributed by atoms with E-state index >= 15 is 0 Å². The summed E-state index contributed by atoms with van der Waals surface area (Å²) in [6.45, 7) is 4.65. The lowest BCUT2D eigenvalue weighted by molar-refractivity contribution is 0.438. The Kier molecular flexibility index (Phi) is 7.19. The van der Waals surface area contributed by atoms with E-state index in [9.17, 15) is 0 Å². The van der Waals surface area contributed by atoms with Crippen LogP contribution in [0, 0.1) is 0 Å². The summed E-state index contributed by atoms with van der Waals surface area (Å²) in [4.78, 5) is 10.6. The molecule has 1 aromatic heterocycles. The molecule has 9 aromatic rings. The molecule has 3 heteroatoms. The molecule has 0 bridgehead atoms. The summed E-state index contributed by atoms with van der Waals surface area (Å²) >= 11 is 0. The van der Waals surface area contributed by atoms with Gasteiger partial charge in [-0.25, -0.2) is 9.97 Å². The molecule has 0 fully saturated rings. The average molecular weight is 755 g/mol. The highest BCUT2D eigenvalue weighted by Gasteiger charge is 2.51. The van der Waals surface area contributed by atoms with Gasteiger partial charge in [-0.05, 0) is 74.3 Å². The quantitative estimate of drug-likeness (QED) is 0.179. The monoisotopic (exact) mass is 754 g/mol. The minimum Gasteiger partial charge on any atom is -0.456 e. The third kappa shape index (κ3) is 4.82. The number of hydrogen-bond donors (Lipinski definition) is 0. The number of benzene rings is 8. The maximum absolute atomic E-state index is 7.02. The van der Waals surface area contributed by atoms with Crippen molar-refractivity contribution in [3.8, 4) is 78.8 Å². The summed E-state index contributed by atoms with van der Waals surface area (Å²) < 4.78 is 7.02. The van der Waals surface area contributed by atoms with Crippen molar-refractivity contribution in [2.75, 3.05) is 0 Å². The van der Waals surface area contributed by atoms with Crippen LogP contribution in [0.4, 0.5) is 0 Å². The van der Waals surface area contributed by atoms with Gasteiger partial charge in [-0.3, -0.25) is 0 Å². The van der Waals surface area contributed by atoms with Gasteiger partial charge in [0, 0.05) is 38.8 Å². The lowest BCUT2D eigenvalue weighted by atomic mass is 9.65. The fourth-order valence-electron chi connectivity index (χ4n) is 10.3. The second-order valence-corrected chi connectivity index (χ2v) is 16.5. The molecule has 0 atom stereocenters. The van der Waals surface area contributed by atoms with Crippen LogP contribution < -0.4 is 4.74 Å². The summed E-state index contributed by atoms with van der Waals surface area (Å²) in [5, 5.41) is 0.